The van der Waals surface area contributed by atoms with E-state index in [1.54, 1.807) is 16.9 Å². The van der Waals surface area contributed by atoms with Gasteiger partial charge in [-0.25, -0.2) is 0 Å². The van der Waals surface area contributed by atoms with E-state index >= 15 is 0 Å². The third kappa shape index (κ3) is 4.92. The number of anilines is 1. The molecular formula is C29H37IN2O6Si. The monoisotopic (exact) mass is 664 g/mol. The average molecular weight is 665 g/mol. The summed E-state index contributed by atoms with van der Waals surface area (Å²) in [6, 6.07) is 13.5. The summed E-state index contributed by atoms with van der Waals surface area (Å²) >= 11 is 2.27. The molecule has 5 rings (SSSR count). The van der Waals surface area contributed by atoms with Gasteiger partial charge in [-0.1, -0.05) is 19.1 Å². The van der Waals surface area contributed by atoms with Gasteiger partial charge in [-0.2, -0.15) is 0 Å². The maximum Gasteiger partial charge on any atom is 0.264 e. The van der Waals surface area contributed by atoms with Crippen molar-refractivity contribution < 1.29 is 29.0 Å². The van der Waals surface area contributed by atoms with Crippen LogP contribution < -0.4 is 9.64 Å². The van der Waals surface area contributed by atoms with Crippen LogP contribution >= 0.6 is 22.6 Å². The number of aliphatic hydroxyl groups excluding tert-OH is 1. The van der Waals surface area contributed by atoms with Gasteiger partial charge in [0.2, 0.25) is 5.91 Å². The molecule has 2 N–H and O–H groups in total. The van der Waals surface area contributed by atoms with E-state index in [0.717, 1.165) is 33.2 Å². The van der Waals surface area contributed by atoms with Crippen LogP contribution in [0.1, 0.15) is 37.3 Å². The van der Waals surface area contributed by atoms with Crippen molar-refractivity contribution in [2.75, 3.05) is 25.2 Å². The fourth-order valence-corrected chi connectivity index (χ4v) is 10.2. The second-order valence-electron chi connectivity index (χ2n) is 11.5. The molecule has 0 radical (unpaired) electrons. The van der Waals surface area contributed by atoms with Crippen molar-refractivity contribution in [2.45, 2.75) is 69.1 Å². The number of hydrogen-bond acceptors (Lipinski definition) is 6. The highest BCUT2D eigenvalue weighted by Gasteiger charge is 2.66. The number of benzene rings is 2. The Hall–Kier alpha value is -1.99. The summed E-state index contributed by atoms with van der Waals surface area (Å²) in [5, 5.41) is 9.78. The third-order valence-corrected chi connectivity index (χ3v) is 11.9. The number of rotatable bonds is 7. The van der Waals surface area contributed by atoms with Gasteiger partial charge in [0.05, 0.1) is 44.5 Å². The first-order valence-corrected chi connectivity index (χ1v) is 17.7. The Kier molecular flexibility index (Phi) is 7.88. The first-order chi connectivity index (χ1) is 18.5. The zero-order chi connectivity index (χ0) is 28.1. The van der Waals surface area contributed by atoms with Crippen molar-refractivity contribution >= 4 is 48.4 Å². The largest absolute Gasteiger partial charge is 0.497 e. The van der Waals surface area contributed by atoms with Gasteiger partial charge >= 0.3 is 0 Å². The van der Waals surface area contributed by atoms with Gasteiger partial charge < -0.3 is 29.2 Å². The topological polar surface area (TPSA) is 99.5 Å². The number of amides is 2. The highest BCUT2D eigenvalue weighted by molar-refractivity contribution is 14.1. The highest BCUT2D eigenvalue weighted by atomic mass is 127. The van der Waals surface area contributed by atoms with Gasteiger partial charge in [-0.15, -0.1) is 0 Å². The number of nitrogens with zero attached hydrogens (tertiary/aromatic N) is 2. The molecule has 39 heavy (non-hydrogen) atoms. The molecule has 2 aromatic rings. The second-order valence-corrected chi connectivity index (χ2v) is 16.8. The van der Waals surface area contributed by atoms with Crippen LogP contribution in [0.5, 0.6) is 5.75 Å². The van der Waals surface area contributed by atoms with Crippen LogP contribution in [0.2, 0.25) is 18.6 Å². The predicted octanol–water partition coefficient (Wildman–Crippen LogP) is 4.02. The Morgan fingerprint density at radius 3 is 2.69 bits per heavy atom. The minimum Gasteiger partial charge on any atom is -0.497 e. The van der Waals surface area contributed by atoms with Crippen molar-refractivity contribution in [1.82, 2.24) is 4.90 Å². The normalized spacial score (nSPS) is 28.4. The fraction of sp³-hybridized carbons (Fsp3) is 0.517. The molecule has 0 saturated carbocycles. The van der Waals surface area contributed by atoms with Crippen LogP contribution in [0.4, 0.5) is 5.69 Å². The van der Waals surface area contributed by atoms with Crippen LogP contribution in [0.3, 0.4) is 0 Å². The van der Waals surface area contributed by atoms with E-state index in [4.69, 9.17) is 9.47 Å². The molecule has 2 aromatic carbocycles. The molecule has 3 heterocycles. The molecule has 3 aliphatic rings. The maximum absolute atomic E-state index is 14.5. The Balaban J connectivity index is 1.56. The number of halogens is 1. The smallest absolute Gasteiger partial charge is 0.264 e. The molecule has 0 bridgehead atoms. The molecule has 3 aliphatic heterocycles. The summed E-state index contributed by atoms with van der Waals surface area (Å²) in [5.41, 5.74) is 0.795. The quantitative estimate of drug-likeness (QED) is 0.343. The minimum atomic E-state index is -2.90. The lowest BCUT2D eigenvalue weighted by atomic mass is 9.82. The van der Waals surface area contributed by atoms with Gasteiger partial charge in [0, 0.05) is 27.1 Å². The number of carbonyl (C=O) groups is 2. The number of aliphatic hydroxyl groups is 1. The summed E-state index contributed by atoms with van der Waals surface area (Å²) in [7, 11) is -1.31. The first-order valence-electron chi connectivity index (χ1n) is 13.6. The lowest BCUT2D eigenvalue weighted by Gasteiger charge is -2.32. The summed E-state index contributed by atoms with van der Waals surface area (Å²) in [6.45, 7) is 6.60. The molecule has 2 saturated heterocycles. The summed E-state index contributed by atoms with van der Waals surface area (Å²) in [6.07, 6.45) is 1.07. The van der Waals surface area contributed by atoms with E-state index in [1.807, 2.05) is 56.4 Å². The summed E-state index contributed by atoms with van der Waals surface area (Å²) < 4.78 is 13.4. The Bertz CT molecular complexity index is 1270. The molecule has 0 aliphatic carbocycles. The minimum absolute atomic E-state index is 0.0632. The van der Waals surface area contributed by atoms with Crippen molar-refractivity contribution in [1.29, 1.82) is 0 Å². The van der Waals surface area contributed by atoms with Gasteiger partial charge in [-0.3, -0.25) is 9.59 Å². The van der Waals surface area contributed by atoms with Crippen LogP contribution in [-0.2, 0) is 26.5 Å². The average Bonchev–Trinajstić information content (AvgIpc) is 3.54. The van der Waals surface area contributed by atoms with Crippen molar-refractivity contribution in [3.05, 3.63) is 57.2 Å². The van der Waals surface area contributed by atoms with Gasteiger partial charge in [0.15, 0.2) is 13.9 Å². The van der Waals surface area contributed by atoms with E-state index in [0.29, 0.717) is 18.8 Å². The van der Waals surface area contributed by atoms with E-state index in [1.165, 1.54) is 0 Å². The van der Waals surface area contributed by atoms with E-state index in [-0.39, 0.29) is 42.3 Å². The predicted molar refractivity (Wildman–Crippen MR) is 159 cm³/mol. The molecule has 0 unspecified atom stereocenters. The fourth-order valence-electron chi connectivity index (χ4n) is 7.00. The zero-order valence-corrected chi connectivity index (χ0v) is 26.1. The zero-order valence-electron chi connectivity index (χ0n) is 22.9. The number of carbonyl (C=O) groups excluding carboxylic acids is 2. The van der Waals surface area contributed by atoms with Gasteiger partial charge in [-0.05, 0) is 84.4 Å². The Morgan fingerprint density at radius 2 is 2.03 bits per heavy atom. The number of fused-ring (bicyclic) bond motifs is 2. The molecule has 1 spiro atoms. The molecule has 0 aromatic heterocycles. The molecule has 8 nitrogen and oxygen atoms in total. The number of ether oxygens (including phenoxy) is 2. The number of methoxy groups -OCH3 is 1. The van der Waals surface area contributed by atoms with Crippen LogP contribution in [0, 0.1) is 9.49 Å². The third-order valence-electron chi connectivity index (χ3n) is 8.70. The van der Waals surface area contributed by atoms with E-state index < -0.39 is 20.0 Å². The summed E-state index contributed by atoms with van der Waals surface area (Å²) in [5.74, 6) is -0.0264. The van der Waals surface area contributed by atoms with Gasteiger partial charge in [0.25, 0.3) is 5.91 Å². The number of hydrogen-bond donors (Lipinski definition) is 2. The Morgan fingerprint density at radius 1 is 1.26 bits per heavy atom. The molecule has 5 atom stereocenters. The first kappa shape index (κ1) is 28.5. The molecule has 2 amide bonds. The van der Waals surface area contributed by atoms with Crippen molar-refractivity contribution in [3.8, 4) is 5.75 Å². The molecule has 2 fully saturated rings. The molecule has 210 valence electrons. The lowest BCUT2D eigenvalue weighted by Crippen LogP contribution is -2.46. The van der Waals surface area contributed by atoms with Crippen LogP contribution in [-0.4, -0.2) is 67.3 Å². The molecular weight excluding hydrogens is 627 g/mol. The lowest BCUT2D eigenvalue weighted by molar-refractivity contribution is -0.150. The molecule has 10 heteroatoms. The van der Waals surface area contributed by atoms with Crippen LogP contribution in [0.15, 0.2) is 42.5 Å². The highest BCUT2D eigenvalue weighted by Crippen LogP contribution is 2.60. The van der Waals surface area contributed by atoms with E-state index in [9.17, 15) is 19.5 Å². The Labute approximate surface area is 244 Å². The summed E-state index contributed by atoms with van der Waals surface area (Å²) in [4.78, 5) is 43.0. The van der Waals surface area contributed by atoms with E-state index in [2.05, 4.69) is 28.7 Å². The van der Waals surface area contributed by atoms with Crippen molar-refractivity contribution in [2.24, 2.45) is 5.92 Å². The van der Waals surface area contributed by atoms with Gasteiger partial charge in [0.1, 0.15) is 5.75 Å². The SMILES string of the molecule is COc1ccc2c(c1)[C@]1(O[C@@H](CC(=O)N3CCC[C@H]3CO)[C@H]([Si](C)(C)O)[C@H]1C)C(=O)N2Cc1cccc(I)c1. The number of likely N-dealkylation sites (tertiary alicyclic amines) is 1. The maximum atomic E-state index is 14.5. The van der Waals surface area contributed by atoms with Crippen molar-refractivity contribution in [3.63, 3.8) is 0 Å². The van der Waals surface area contributed by atoms with Crippen LogP contribution in [0.25, 0.3) is 0 Å². The second kappa shape index (κ2) is 10.8. The standard InChI is InChI=1S/C29H37IN2O6Si/c1-18-27(39(3,4)36)25(15-26(34)31-12-6-9-21(31)17-33)38-29(18)23-14-22(37-2)10-11-24(23)32(28(29)35)16-19-7-5-8-20(30)13-19/h5,7-8,10-11,13-14,18,21,25,27,33,36H,6,9,12,15-17H2,1-4H3/t18-,21+,25+,27-,29+/m1/s1.